The summed E-state index contributed by atoms with van der Waals surface area (Å²) < 4.78 is 0. The minimum atomic E-state index is -0.570. The van der Waals surface area contributed by atoms with Gasteiger partial charge in [-0.05, 0) is 120 Å². The molecule has 6 aromatic rings. The highest BCUT2D eigenvalue weighted by atomic mass is 16.3. The highest BCUT2D eigenvalue weighted by molar-refractivity contribution is 6.09. The number of benzene rings is 6. The number of carbonyl (C=O) groups is 2. The molecule has 7 nitrogen and oxygen atoms in total. The van der Waals surface area contributed by atoms with Gasteiger partial charge in [0.25, 0.3) is 11.8 Å². The average molecular weight is 729 g/mol. The number of anilines is 4. The molecule has 1 aliphatic carbocycles. The largest absolute Gasteiger partial charge is 0.506 e. The Morgan fingerprint density at radius 3 is 1.65 bits per heavy atom. The van der Waals surface area contributed by atoms with Gasteiger partial charge in [-0.2, -0.15) is 0 Å². The van der Waals surface area contributed by atoms with Crippen LogP contribution in [0, 0.1) is 0 Å². The number of phenols is 1. The van der Waals surface area contributed by atoms with Crippen molar-refractivity contribution in [2.24, 2.45) is 0 Å². The van der Waals surface area contributed by atoms with Gasteiger partial charge in [-0.3, -0.25) is 9.59 Å². The van der Waals surface area contributed by atoms with Crippen molar-refractivity contribution in [1.29, 1.82) is 0 Å². The summed E-state index contributed by atoms with van der Waals surface area (Å²) in [6.07, 6.45) is 2.95. The maximum atomic E-state index is 13.6. The molecule has 0 aromatic heterocycles. The third kappa shape index (κ3) is 7.18. The first-order chi connectivity index (χ1) is 26.7. The highest BCUT2D eigenvalue weighted by Gasteiger charge is 2.45. The van der Waals surface area contributed by atoms with Crippen LogP contribution >= 0.6 is 0 Å². The van der Waals surface area contributed by atoms with Crippen LogP contribution in [0.5, 0.6) is 5.75 Å². The van der Waals surface area contributed by atoms with Crippen LogP contribution < -0.4 is 21.3 Å². The first-order valence-corrected chi connectivity index (χ1v) is 19.2. The summed E-state index contributed by atoms with van der Waals surface area (Å²) >= 11 is 0. The van der Waals surface area contributed by atoms with Gasteiger partial charge in [0, 0.05) is 40.3 Å². The van der Waals surface area contributed by atoms with E-state index in [9.17, 15) is 14.7 Å². The van der Waals surface area contributed by atoms with E-state index in [4.69, 9.17) is 0 Å². The van der Waals surface area contributed by atoms with E-state index in [1.807, 2.05) is 19.1 Å². The lowest BCUT2D eigenvalue weighted by Crippen LogP contribution is -2.33. The predicted octanol–water partition coefficient (Wildman–Crippen LogP) is 11.1. The number of nitrogens with one attached hydrogen (secondary N) is 4. The second kappa shape index (κ2) is 15.6. The van der Waals surface area contributed by atoms with Crippen molar-refractivity contribution in [3.63, 3.8) is 0 Å². The van der Waals surface area contributed by atoms with Crippen LogP contribution in [0.3, 0.4) is 0 Å². The highest BCUT2D eigenvalue weighted by Crippen LogP contribution is 2.56. The summed E-state index contributed by atoms with van der Waals surface area (Å²) in [7, 11) is 0. The average Bonchev–Trinajstić information content (AvgIpc) is 3.52. The first-order valence-electron chi connectivity index (χ1n) is 19.2. The maximum absolute atomic E-state index is 13.6. The van der Waals surface area contributed by atoms with Crippen molar-refractivity contribution < 1.29 is 14.7 Å². The fourth-order valence-corrected chi connectivity index (χ4v) is 7.63. The molecule has 0 aliphatic heterocycles. The molecule has 278 valence electrons. The summed E-state index contributed by atoms with van der Waals surface area (Å²) in [5.41, 5.74) is 10.1. The molecule has 0 spiro atoms. The fourth-order valence-electron chi connectivity index (χ4n) is 7.63. The lowest BCUT2D eigenvalue weighted by molar-refractivity contribution is 0.102. The number of phenolic OH excluding ortho intramolecular Hbond substituents is 1. The molecule has 0 saturated heterocycles. The predicted molar refractivity (Wildman–Crippen MR) is 226 cm³/mol. The summed E-state index contributed by atoms with van der Waals surface area (Å²) in [5, 5.41) is 23.0. The Morgan fingerprint density at radius 2 is 1.11 bits per heavy atom. The molecule has 2 amide bonds. The summed E-state index contributed by atoms with van der Waals surface area (Å²) in [5.74, 6) is -0.569. The van der Waals surface area contributed by atoms with Gasteiger partial charge in [0.2, 0.25) is 0 Å². The zero-order valence-electron chi connectivity index (χ0n) is 31.9. The van der Waals surface area contributed by atoms with E-state index in [2.05, 4.69) is 127 Å². The molecule has 0 unspecified atom stereocenters. The zero-order chi connectivity index (χ0) is 38.6. The van der Waals surface area contributed by atoms with Crippen LogP contribution in [0.1, 0.15) is 89.9 Å². The number of hydrogen-bond acceptors (Lipinski definition) is 5. The van der Waals surface area contributed by atoms with Crippen molar-refractivity contribution in [2.45, 2.75) is 57.9 Å². The van der Waals surface area contributed by atoms with E-state index in [1.165, 1.54) is 28.3 Å². The van der Waals surface area contributed by atoms with Gasteiger partial charge in [-0.15, -0.1) is 0 Å². The molecule has 0 bridgehead atoms. The van der Waals surface area contributed by atoms with Gasteiger partial charge in [0.1, 0.15) is 5.75 Å². The van der Waals surface area contributed by atoms with Crippen molar-refractivity contribution in [2.75, 3.05) is 27.8 Å². The zero-order valence-corrected chi connectivity index (χ0v) is 31.9. The van der Waals surface area contributed by atoms with E-state index in [0.29, 0.717) is 34.7 Å². The monoisotopic (exact) mass is 728 g/mol. The molecule has 7 rings (SSSR count). The Balaban J connectivity index is 1.16. The second-order valence-corrected chi connectivity index (χ2v) is 14.5. The molecule has 0 saturated carbocycles. The van der Waals surface area contributed by atoms with E-state index < -0.39 is 5.41 Å². The van der Waals surface area contributed by atoms with Crippen LogP contribution in [0.15, 0.2) is 140 Å². The number of fused-ring (bicyclic) bond motifs is 3. The van der Waals surface area contributed by atoms with Crippen LogP contribution in [0.25, 0.3) is 11.1 Å². The lowest BCUT2D eigenvalue weighted by Gasteiger charge is -2.34. The van der Waals surface area contributed by atoms with Crippen LogP contribution in [-0.4, -0.2) is 29.0 Å². The Kier molecular flexibility index (Phi) is 10.5. The Hall–Kier alpha value is -6.34. The van der Waals surface area contributed by atoms with E-state index in [-0.39, 0.29) is 23.1 Å². The Labute approximate surface area is 323 Å². The summed E-state index contributed by atoms with van der Waals surface area (Å²) in [6.45, 7) is 9.43. The Bertz CT molecular complexity index is 2280. The molecule has 0 atom stereocenters. The number of aromatic hydroxyl groups is 1. The lowest BCUT2D eigenvalue weighted by atomic mass is 9.67. The van der Waals surface area contributed by atoms with Gasteiger partial charge in [0.05, 0.1) is 11.1 Å². The van der Waals surface area contributed by atoms with Crippen molar-refractivity contribution >= 4 is 34.6 Å². The SMILES string of the molecule is CCCNc1cc(NC(=O)c2cccc(C(=O)Nc3ccc(C4(c5ccc(NC(C)(CC)CC)cc5)c5ccccc5-c5ccccc54)cc3)c2)ccc1O. The summed E-state index contributed by atoms with van der Waals surface area (Å²) in [6, 6.07) is 45.8. The molecular weight excluding hydrogens is 681 g/mol. The van der Waals surface area contributed by atoms with E-state index >= 15 is 0 Å². The minimum Gasteiger partial charge on any atom is -0.506 e. The quantitative estimate of drug-likeness (QED) is 0.0601. The number of rotatable bonds is 13. The molecule has 7 heteroatoms. The Morgan fingerprint density at radius 1 is 0.600 bits per heavy atom. The number of hydrogen-bond donors (Lipinski definition) is 5. The third-order valence-corrected chi connectivity index (χ3v) is 11.1. The molecule has 6 aromatic carbocycles. The van der Waals surface area contributed by atoms with Gasteiger partial charge in [0.15, 0.2) is 0 Å². The molecule has 1 aliphatic rings. The molecule has 5 N–H and O–H groups in total. The van der Waals surface area contributed by atoms with Crippen LogP contribution in [0.2, 0.25) is 0 Å². The van der Waals surface area contributed by atoms with Crippen LogP contribution in [-0.2, 0) is 5.41 Å². The van der Waals surface area contributed by atoms with Gasteiger partial charge < -0.3 is 26.4 Å². The van der Waals surface area contributed by atoms with Crippen molar-refractivity contribution in [3.05, 3.63) is 173 Å². The number of amides is 2. The van der Waals surface area contributed by atoms with E-state index in [1.54, 1.807) is 36.4 Å². The standard InChI is InChI=1S/C48H48N4O3/c1-5-29-49-43-31-38(27-28-44(43)53)51-46(55)33-14-12-13-32(30-33)45(54)50-36-23-19-34(20-24-36)48(35-21-25-37(26-22-35)52-47(4,6-2)7-3)41-17-10-8-15-39(41)40-16-9-11-18-42(40)48/h8-28,30-31,49,52-53H,5-7,29H2,1-4H3,(H,50,54)(H,51,55). The fraction of sp³-hybridized carbons (Fsp3) is 0.208. The first kappa shape index (κ1) is 37.0. The molecule has 55 heavy (non-hydrogen) atoms. The minimum absolute atomic E-state index is 0.0175. The smallest absolute Gasteiger partial charge is 0.255 e. The second-order valence-electron chi connectivity index (χ2n) is 14.5. The molecular formula is C48H48N4O3. The molecule has 0 radical (unpaired) electrons. The summed E-state index contributed by atoms with van der Waals surface area (Å²) in [4.78, 5) is 26.8. The van der Waals surface area contributed by atoms with Gasteiger partial charge in [-0.1, -0.05) is 99.6 Å². The van der Waals surface area contributed by atoms with Crippen molar-refractivity contribution in [1.82, 2.24) is 0 Å². The molecule has 0 heterocycles. The topological polar surface area (TPSA) is 102 Å². The molecule has 0 fully saturated rings. The van der Waals surface area contributed by atoms with E-state index in [0.717, 1.165) is 36.1 Å². The van der Waals surface area contributed by atoms with Crippen LogP contribution in [0.4, 0.5) is 22.7 Å². The maximum Gasteiger partial charge on any atom is 0.255 e. The van der Waals surface area contributed by atoms with Gasteiger partial charge in [-0.25, -0.2) is 0 Å². The van der Waals surface area contributed by atoms with Gasteiger partial charge >= 0.3 is 0 Å². The van der Waals surface area contributed by atoms with Crippen molar-refractivity contribution in [3.8, 4) is 16.9 Å². The normalized spacial score (nSPS) is 12.7. The number of carbonyl (C=O) groups excluding carboxylic acids is 2. The third-order valence-electron chi connectivity index (χ3n) is 11.1.